The van der Waals surface area contributed by atoms with Gasteiger partial charge in [0.25, 0.3) is 0 Å². The van der Waals surface area contributed by atoms with Crippen LogP contribution in [0.5, 0.6) is 0 Å². The molecule has 0 aliphatic carbocycles. The number of carboxylic acids is 1. The van der Waals surface area contributed by atoms with Gasteiger partial charge in [0, 0.05) is 16.6 Å². The van der Waals surface area contributed by atoms with Crippen LogP contribution in [0.1, 0.15) is 16.8 Å². The number of carbonyl (C=O) groups is 2. The van der Waals surface area contributed by atoms with E-state index in [1.165, 1.54) is 0 Å². The molecule has 0 saturated heterocycles. The lowest BCUT2D eigenvalue weighted by Gasteiger charge is -2.09. The smallest absolute Gasteiger partial charge is 0.320 e. The van der Waals surface area contributed by atoms with E-state index in [2.05, 4.69) is 15.9 Å². The lowest BCUT2D eigenvalue weighted by atomic mass is 10.0. The van der Waals surface area contributed by atoms with Crippen LogP contribution in [0.4, 0.5) is 5.69 Å². The molecule has 0 aliphatic heterocycles. The van der Waals surface area contributed by atoms with E-state index < -0.39 is 12.0 Å². The minimum absolute atomic E-state index is 0.276. The molecule has 0 saturated carbocycles. The molecule has 5 N–H and O–H groups in total. The number of rotatable bonds is 4. The van der Waals surface area contributed by atoms with E-state index in [1.54, 1.807) is 18.2 Å². The van der Waals surface area contributed by atoms with Crippen molar-refractivity contribution in [3.05, 3.63) is 28.2 Å². The zero-order valence-electron chi connectivity index (χ0n) is 8.31. The van der Waals surface area contributed by atoms with Crippen molar-refractivity contribution >= 4 is 33.4 Å². The topological polar surface area (TPSA) is 106 Å². The van der Waals surface area contributed by atoms with Crippen LogP contribution in [-0.2, 0) is 4.79 Å². The molecule has 6 heteroatoms. The first-order chi connectivity index (χ1) is 7.43. The third-order valence-corrected chi connectivity index (χ3v) is 2.71. The molecule has 0 bridgehead atoms. The van der Waals surface area contributed by atoms with E-state index in [1.807, 2.05) is 0 Å². The van der Waals surface area contributed by atoms with Crippen LogP contribution in [0.2, 0.25) is 0 Å². The summed E-state index contributed by atoms with van der Waals surface area (Å²) in [5.74, 6) is -1.60. The predicted molar refractivity (Wildman–Crippen MR) is 63.1 cm³/mol. The summed E-state index contributed by atoms with van der Waals surface area (Å²) in [4.78, 5) is 22.3. The molecule has 0 radical (unpaired) electrons. The van der Waals surface area contributed by atoms with Gasteiger partial charge >= 0.3 is 5.97 Å². The first kappa shape index (κ1) is 12.7. The van der Waals surface area contributed by atoms with Gasteiger partial charge in [-0.3, -0.25) is 9.59 Å². The Labute approximate surface area is 101 Å². The zero-order chi connectivity index (χ0) is 12.3. The number of carboxylic acid groups (broad SMARTS) is 1. The van der Waals surface area contributed by atoms with E-state index in [0.29, 0.717) is 10.2 Å². The minimum atomic E-state index is -1.21. The van der Waals surface area contributed by atoms with E-state index in [-0.39, 0.29) is 17.8 Å². The number of hydrogen-bond acceptors (Lipinski definition) is 4. The molecule has 1 rings (SSSR count). The van der Waals surface area contributed by atoms with Crippen molar-refractivity contribution in [2.75, 3.05) is 5.73 Å². The fourth-order valence-corrected chi connectivity index (χ4v) is 1.83. The van der Waals surface area contributed by atoms with Crippen molar-refractivity contribution in [2.24, 2.45) is 5.73 Å². The van der Waals surface area contributed by atoms with Crippen LogP contribution in [0.15, 0.2) is 22.7 Å². The maximum atomic E-state index is 11.7. The molecule has 0 spiro atoms. The van der Waals surface area contributed by atoms with Gasteiger partial charge in [-0.05, 0) is 28.1 Å². The second-order valence-electron chi connectivity index (χ2n) is 3.28. The molecule has 1 atom stereocenters. The van der Waals surface area contributed by atoms with E-state index in [0.717, 1.165) is 0 Å². The Bertz CT molecular complexity index is 414. The number of halogens is 1. The average Bonchev–Trinajstić information content (AvgIpc) is 2.16. The van der Waals surface area contributed by atoms with Crippen molar-refractivity contribution in [1.82, 2.24) is 0 Å². The Morgan fingerprint density at radius 1 is 1.44 bits per heavy atom. The minimum Gasteiger partial charge on any atom is -0.480 e. The third-order valence-electron chi connectivity index (χ3n) is 2.05. The number of nitrogens with two attached hydrogens (primary N) is 2. The number of nitrogen functional groups attached to an aromatic ring is 1. The van der Waals surface area contributed by atoms with Gasteiger partial charge in [0.05, 0.1) is 5.56 Å². The van der Waals surface area contributed by atoms with Crippen molar-refractivity contribution in [3.63, 3.8) is 0 Å². The SMILES string of the molecule is Nc1cccc(Br)c1C(=O)C[C@H](N)C(=O)O. The quantitative estimate of drug-likeness (QED) is 0.566. The lowest BCUT2D eigenvalue weighted by molar-refractivity contribution is -0.138. The highest BCUT2D eigenvalue weighted by Crippen LogP contribution is 2.24. The monoisotopic (exact) mass is 286 g/mol. The lowest BCUT2D eigenvalue weighted by Crippen LogP contribution is -2.32. The van der Waals surface area contributed by atoms with Crippen LogP contribution in [0.25, 0.3) is 0 Å². The zero-order valence-corrected chi connectivity index (χ0v) is 9.90. The molecule has 0 amide bonds. The summed E-state index contributed by atoms with van der Waals surface area (Å²) in [7, 11) is 0. The molecule has 1 aromatic carbocycles. The fraction of sp³-hybridized carbons (Fsp3) is 0.200. The van der Waals surface area contributed by atoms with E-state index in [9.17, 15) is 9.59 Å². The highest BCUT2D eigenvalue weighted by atomic mass is 79.9. The molecule has 0 heterocycles. The van der Waals surface area contributed by atoms with Crippen molar-refractivity contribution in [3.8, 4) is 0 Å². The van der Waals surface area contributed by atoms with Crippen LogP contribution >= 0.6 is 15.9 Å². The Morgan fingerprint density at radius 2 is 2.06 bits per heavy atom. The van der Waals surface area contributed by atoms with Crippen LogP contribution in [0, 0.1) is 0 Å². The van der Waals surface area contributed by atoms with Crippen molar-refractivity contribution in [1.29, 1.82) is 0 Å². The molecule has 0 aliphatic rings. The molecule has 1 aromatic rings. The maximum Gasteiger partial charge on any atom is 0.320 e. The number of hydrogen-bond donors (Lipinski definition) is 3. The molecule has 16 heavy (non-hydrogen) atoms. The Hall–Kier alpha value is -1.40. The molecule has 0 aromatic heterocycles. The number of carbonyl (C=O) groups excluding carboxylic acids is 1. The Balaban J connectivity index is 2.93. The van der Waals surface area contributed by atoms with E-state index in [4.69, 9.17) is 16.6 Å². The largest absolute Gasteiger partial charge is 0.480 e. The molecular formula is C10H11BrN2O3. The van der Waals surface area contributed by atoms with Crippen LogP contribution in [-0.4, -0.2) is 22.9 Å². The van der Waals surface area contributed by atoms with Gasteiger partial charge in [-0.1, -0.05) is 6.07 Å². The van der Waals surface area contributed by atoms with Gasteiger partial charge in [0.1, 0.15) is 6.04 Å². The predicted octanol–water partition coefficient (Wildman–Crippen LogP) is 1.02. The normalized spacial score (nSPS) is 12.1. The van der Waals surface area contributed by atoms with E-state index >= 15 is 0 Å². The second-order valence-corrected chi connectivity index (χ2v) is 4.13. The highest BCUT2D eigenvalue weighted by Gasteiger charge is 2.20. The van der Waals surface area contributed by atoms with Gasteiger partial charge < -0.3 is 16.6 Å². The molecule has 86 valence electrons. The van der Waals surface area contributed by atoms with Gasteiger partial charge in [-0.25, -0.2) is 0 Å². The summed E-state index contributed by atoms with van der Waals surface area (Å²) in [5.41, 5.74) is 11.5. The number of benzene rings is 1. The standard InChI is InChI=1S/C10H11BrN2O3/c11-5-2-1-3-6(12)9(5)8(14)4-7(13)10(15)16/h1-3,7H,4,12-13H2,(H,15,16)/t7-/m0/s1. The summed E-state index contributed by atoms with van der Waals surface area (Å²) < 4.78 is 0.537. The first-order valence-corrected chi connectivity index (χ1v) is 5.28. The Kier molecular flexibility index (Phi) is 4.03. The fourth-order valence-electron chi connectivity index (χ4n) is 1.22. The second kappa shape index (κ2) is 5.09. The van der Waals surface area contributed by atoms with Crippen molar-refractivity contribution in [2.45, 2.75) is 12.5 Å². The molecular weight excluding hydrogens is 276 g/mol. The van der Waals surface area contributed by atoms with Gasteiger partial charge in [0.2, 0.25) is 0 Å². The molecule has 0 unspecified atom stereocenters. The molecule has 0 fully saturated rings. The maximum absolute atomic E-state index is 11.7. The van der Waals surface area contributed by atoms with Crippen LogP contribution < -0.4 is 11.5 Å². The van der Waals surface area contributed by atoms with Gasteiger partial charge in [-0.2, -0.15) is 0 Å². The number of Topliss-reactive ketones (excluding diaryl/α,β-unsaturated/α-hetero) is 1. The van der Waals surface area contributed by atoms with Gasteiger partial charge in [0.15, 0.2) is 5.78 Å². The first-order valence-electron chi connectivity index (χ1n) is 4.49. The number of anilines is 1. The number of ketones is 1. The van der Waals surface area contributed by atoms with Crippen LogP contribution in [0.3, 0.4) is 0 Å². The average molecular weight is 287 g/mol. The molecule has 5 nitrogen and oxygen atoms in total. The summed E-state index contributed by atoms with van der Waals surface area (Å²) >= 11 is 3.19. The Morgan fingerprint density at radius 3 is 2.56 bits per heavy atom. The third kappa shape index (κ3) is 2.80. The summed E-state index contributed by atoms with van der Waals surface area (Å²) in [5, 5.41) is 8.60. The summed E-state index contributed by atoms with van der Waals surface area (Å²) in [6.07, 6.45) is -0.276. The van der Waals surface area contributed by atoms with Crippen molar-refractivity contribution < 1.29 is 14.7 Å². The number of aliphatic carboxylic acids is 1. The summed E-state index contributed by atoms with van der Waals surface area (Å²) in [6, 6.07) is 3.71. The summed E-state index contributed by atoms with van der Waals surface area (Å²) in [6.45, 7) is 0. The van der Waals surface area contributed by atoms with Gasteiger partial charge in [-0.15, -0.1) is 0 Å². The highest BCUT2D eigenvalue weighted by molar-refractivity contribution is 9.10.